The molecular weight excluding hydrogens is 346 g/mol. The molecule has 0 aliphatic heterocycles. The molecule has 0 saturated carbocycles. The number of hydrogen-bond donors (Lipinski definition) is 1. The fourth-order valence-electron chi connectivity index (χ4n) is 1.97. The SMILES string of the molecule is COc1cccc(CNC(=O)CSCCOc2ccccc2Cl)c1. The van der Waals surface area contributed by atoms with Crippen molar-refractivity contribution in [1.82, 2.24) is 5.32 Å². The van der Waals surface area contributed by atoms with Crippen molar-refractivity contribution in [2.24, 2.45) is 0 Å². The molecule has 6 heteroatoms. The lowest BCUT2D eigenvalue weighted by Crippen LogP contribution is -2.25. The predicted octanol–water partition coefficient (Wildman–Crippen LogP) is 3.78. The molecule has 0 radical (unpaired) electrons. The van der Waals surface area contributed by atoms with Gasteiger partial charge in [-0.25, -0.2) is 0 Å². The zero-order valence-corrected chi connectivity index (χ0v) is 15.0. The minimum absolute atomic E-state index is 0.000522. The Balaban J connectivity index is 1.60. The number of ether oxygens (including phenoxy) is 2. The molecule has 2 aromatic carbocycles. The van der Waals surface area contributed by atoms with E-state index in [4.69, 9.17) is 21.1 Å². The van der Waals surface area contributed by atoms with Crippen molar-refractivity contribution in [2.75, 3.05) is 25.2 Å². The molecule has 0 aliphatic rings. The molecule has 0 spiro atoms. The van der Waals surface area contributed by atoms with Gasteiger partial charge in [-0.15, -0.1) is 11.8 Å². The molecule has 4 nitrogen and oxygen atoms in total. The highest BCUT2D eigenvalue weighted by molar-refractivity contribution is 7.99. The lowest BCUT2D eigenvalue weighted by atomic mass is 10.2. The Morgan fingerprint density at radius 3 is 2.83 bits per heavy atom. The number of amides is 1. The summed E-state index contributed by atoms with van der Waals surface area (Å²) in [5.41, 5.74) is 1.01. The second kappa shape index (κ2) is 10.1. The van der Waals surface area contributed by atoms with Crippen LogP contribution in [-0.2, 0) is 11.3 Å². The van der Waals surface area contributed by atoms with Gasteiger partial charge in [-0.05, 0) is 29.8 Å². The van der Waals surface area contributed by atoms with Crippen LogP contribution in [0.3, 0.4) is 0 Å². The Kier molecular flexibility index (Phi) is 7.79. The number of para-hydroxylation sites is 1. The van der Waals surface area contributed by atoms with Crippen molar-refractivity contribution in [3.05, 3.63) is 59.1 Å². The number of carbonyl (C=O) groups excluding carboxylic acids is 1. The predicted molar refractivity (Wildman–Crippen MR) is 99.1 cm³/mol. The summed E-state index contributed by atoms with van der Waals surface area (Å²) in [6.07, 6.45) is 0. The molecule has 24 heavy (non-hydrogen) atoms. The van der Waals surface area contributed by atoms with E-state index in [0.29, 0.717) is 29.7 Å². The smallest absolute Gasteiger partial charge is 0.230 e. The topological polar surface area (TPSA) is 47.6 Å². The molecule has 2 aromatic rings. The monoisotopic (exact) mass is 365 g/mol. The minimum Gasteiger partial charge on any atom is -0.497 e. The molecule has 1 N–H and O–H groups in total. The van der Waals surface area contributed by atoms with Gasteiger partial charge in [-0.2, -0.15) is 0 Å². The summed E-state index contributed by atoms with van der Waals surface area (Å²) >= 11 is 7.53. The number of carbonyl (C=O) groups is 1. The molecule has 0 saturated heterocycles. The van der Waals surface area contributed by atoms with Gasteiger partial charge in [0, 0.05) is 12.3 Å². The van der Waals surface area contributed by atoms with E-state index in [1.807, 2.05) is 42.5 Å². The van der Waals surface area contributed by atoms with E-state index in [1.165, 1.54) is 11.8 Å². The number of nitrogens with one attached hydrogen (secondary N) is 1. The van der Waals surface area contributed by atoms with Gasteiger partial charge in [-0.3, -0.25) is 4.79 Å². The van der Waals surface area contributed by atoms with Crippen LogP contribution < -0.4 is 14.8 Å². The van der Waals surface area contributed by atoms with Crippen LogP contribution in [0.15, 0.2) is 48.5 Å². The zero-order valence-electron chi connectivity index (χ0n) is 13.5. The Bertz CT molecular complexity index is 666. The molecule has 0 atom stereocenters. The van der Waals surface area contributed by atoms with E-state index >= 15 is 0 Å². The van der Waals surface area contributed by atoms with E-state index in [1.54, 1.807) is 13.2 Å². The van der Waals surface area contributed by atoms with Gasteiger partial charge in [0.25, 0.3) is 0 Å². The van der Waals surface area contributed by atoms with Crippen LogP contribution in [0.5, 0.6) is 11.5 Å². The van der Waals surface area contributed by atoms with Gasteiger partial charge in [0.15, 0.2) is 0 Å². The second-order valence-corrected chi connectivity index (χ2v) is 6.47. The zero-order chi connectivity index (χ0) is 17.2. The van der Waals surface area contributed by atoms with Gasteiger partial charge in [0.2, 0.25) is 5.91 Å². The summed E-state index contributed by atoms with van der Waals surface area (Å²) in [6.45, 7) is 1.00. The first kappa shape index (κ1) is 18.5. The Labute approximate surface area is 151 Å². The van der Waals surface area contributed by atoms with E-state index in [2.05, 4.69) is 5.32 Å². The lowest BCUT2D eigenvalue weighted by Gasteiger charge is -2.08. The third-order valence-electron chi connectivity index (χ3n) is 3.18. The van der Waals surface area contributed by atoms with Crippen molar-refractivity contribution in [2.45, 2.75) is 6.54 Å². The van der Waals surface area contributed by atoms with Crippen LogP contribution in [0.4, 0.5) is 0 Å². The Morgan fingerprint density at radius 1 is 1.21 bits per heavy atom. The molecule has 0 unspecified atom stereocenters. The third kappa shape index (κ3) is 6.34. The van der Waals surface area contributed by atoms with Crippen molar-refractivity contribution >= 4 is 29.3 Å². The maximum Gasteiger partial charge on any atom is 0.230 e. The van der Waals surface area contributed by atoms with Crippen molar-refractivity contribution in [1.29, 1.82) is 0 Å². The summed E-state index contributed by atoms with van der Waals surface area (Å²) in [7, 11) is 1.62. The van der Waals surface area contributed by atoms with Gasteiger partial charge in [0.05, 0.1) is 24.5 Å². The highest BCUT2D eigenvalue weighted by Crippen LogP contribution is 2.23. The second-order valence-electron chi connectivity index (χ2n) is 4.96. The summed E-state index contributed by atoms with van der Waals surface area (Å²) in [5, 5.41) is 3.49. The fourth-order valence-corrected chi connectivity index (χ4v) is 2.79. The van der Waals surface area contributed by atoms with Gasteiger partial charge < -0.3 is 14.8 Å². The number of benzene rings is 2. The van der Waals surface area contributed by atoms with Crippen LogP contribution >= 0.6 is 23.4 Å². The van der Waals surface area contributed by atoms with E-state index < -0.39 is 0 Å². The van der Waals surface area contributed by atoms with E-state index in [-0.39, 0.29) is 5.91 Å². The summed E-state index contributed by atoms with van der Waals surface area (Å²) in [6, 6.07) is 15.0. The Hall–Kier alpha value is -1.85. The molecule has 2 rings (SSSR count). The highest BCUT2D eigenvalue weighted by Gasteiger charge is 2.04. The maximum atomic E-state index is 11.8. The van der Waals surface area contributed by atoms with E-state index in [9.17, 15) is 4.79 Å². The normalized spacial score (nSPS) is 10.2. The summed E-state index contributed by atoms with van der Waals surface area (Å²) in [5.74, 6) is 2.57. The fraction of sp³-hybridized carbons (Fsp3) is 0.278. The first-order valence-electron chi connectivity index (χ1n) is 7.54. The number of halogens is 1. The molecule has 128 valence electrons. The molecule has 0 bridgehead atoms. The number of rotatable bonds is 9. The van der Waals surface area contributed by atoms with Crippen LogP contribution in [0.25, 0.3) is 0 Å². The van der Waals surface area contributed by atoms with Gasteiger partial charge in [0.1, 0.15) is 11.5 Å². The molecule has 0 aliphatic carbocycles. The van der Waals surface area contributed by atoms with Gasteiger partial charge in [-0.1, -0.05) is 35.9 Å². The quantitative estimate of drug-likeness (QED) is 0.687. The summed E-state index contributed by atoms with van der Waals surface area (Å²) in [4.78, 5) is 11.8. The van der Waals surface area contributed by atoms with Crippen LogP contribution in [0.2, 0.25) is 5.02 Å². The van der Waals surface area contributed by atoms with Crippen molar-refractivity contribution in [3.8, 4) is 11.5 Å². The van der Waals surface area contributed by atoms with Crippen molar-refractivity contribution in [3.63, 3.8) is 0 Å². The largest absolute Gasteiger partial charge is 0.497 e. The van der Waals surface area contributed by atoms with Crippen molar-refractivity contribution < 1.29 is 14.3 Å². The van der Waals surface area contributed by atoms with Crippen LogP contribution in [-0.4, -0.2) is 31.1 Å². The lowest BCUT2D eigenvalue weighted by molar-refractivity contribution is -0.118. The van der Waals surface area contributed by atoms with Crippen LogP contribution in [0, 0.1) is 0 Å². The maximum absolute atomic E-state index is 11.8. The molecule has 1 amide bonds. The standard InChI is InChI=1S/C18H20ClNO3S/c1-22-15-6-4-5-14(11-15)12-20-18(21)13-24-10-9-23-17-8-3-2-7-16(17)19/h2-8,11H,9-10,12-13H2,1H3,(H,20,21). The molecule has 0 fully saturated rings. The van der Waals surface area contributed by atoms with E-state index in [0.717, 1.165) is 17.1 Å². The average Bonchev–Trinajstić information content (AvgIpc) is 2.61. The van der Waals surface area contributed by atoms with Gasteiger partial charge >= 0.3 is 0 Å². The Morgan fingerprint density at radius 2 is 2.04 bits per heavy atom. The highest BCUT2D eigenvalue weighted by atomic mass is 35.5. The van der Waals surface area contributed by atoms with Crippen LogP contribution in [0.1, 0.15) is 5.56 Å². The number of hydrogen-bond acceptors (Lipinski definition) is 4. The molecule has 0 aromatic heterocycles. The molecular formula is C18H20ClNO3S. The first-order valence-corrected chi connectivity index (χ1v) is 9.07. The average molecular weight is 366 g/mol. The minimum atomic E-state index is 0.000522. The number of methoxy groups -OCH3 is 1. The summed E-state index contributed by atoms with van der Waals surface area (Å²) < 4.78 is 10.7. The first-order chi connectivity index (χ1) is 11.7. The third-order valence-corrected chi connectivity index (χ3v) is 4.41. The number of thioether (sulfide) groups is 1. The molecule has 0 heterocycles.